The predicted molar refractivity (Wildman–Crippen MR) is 72.2 cm³/mol. The minimum atomic E-state index is -0.275. The van der Waals surface area contributed by atoms with Gasteiger partial charge in [-0.3, -0.25) is 4.79 Å². The van der Waals surface area contributed by atoms with Crippen molar-refractivity contribution in [3.63, 3.8) is 0 Å². The molecule has 0 fully saturated rings. The average Bonchev–Trinajstić information content (AvgIpc) is 2.85. The molecule has 1 aromatic carbocycles. The molecule has 1 atom stereocenters. The highest BCUT2D eigenvalue weighted by Crippen LogP contribution is 2.32. The number of hydrogen-bond donors (Lipinski definition) is 0. The van der Waals surface area contributed by atoms with Gasteiger partial charge in [0.05, 0.1) is 0 Å². The second kappa shape index (κ2) is 4.74. The number of fused-ring (bicyclic) bond motifs is 1. The first-order chi connectivity index (χ1) is 9.56. The third kappa shape index (κ3) is 2.09. The fourth-order valence-electron chi connectivity index (χ4n) is 2.62. The minimum Gasteiger partial charge on any atom is -0.361 e. The van der Waals surface area contributed by atoms with E-state index in [-0.39, 0.29) is 23.5 Å². The Morgan fingerprint density at radius 3 is 2.95 bits per heavy atom. The lowest BCUT2D eigenvalue weighted by atomic mass is 9.96. The van der Waals surface area contributed by atoms with Gasteiger partial charge < -0.3 is 9.42 Å². The van der Waals surface area contributed by atoms with E-state index >= 15 is 0 Å². The molecule has 0 bridgehead atoms. The van der Waals surface area contributed by atoms with Crippen molar-refractivity contribution >= 4 is 11.6 Å². The van der Waals surface area contributed by atoms with Crippen LogP contribution in [0.3, 0.4) is 0 Å². The first kappa shape index (κ1) is 12.8. The molecule has 1 aromatic heterocycles. The summed E-state index contributed by atoms with van der Waals surface area (Å²) in [4.78, 5) is 14.3. The molecule has 0 saturated heterocycles. The monoisotopic (exact) mass is 274 g/mol. The smallest absolute Gasteiger partial charge is 0.280 e. The molecule has 3 rings (SSSR count). The molecule has 1 aliphatic heterocycles. The molecule has 20 heavy (non-hydrogen) atoms. The number of aryl methyl sites for hydroxylation is 2. The Balaban J connectivity index is 2.02. The Morgan fingerprint density at radius 1 is 1.45 bits per heavy atom. The van der Waals surface area contributed by atoms with Gasteiger partial charge in [-0.15, -0.1) is 0 Å². The molecule has 0 aliphatic carbocycles. The highest BCUT2D eigenvalue weighted by Gasteiger charge is 2.30. The van der Waals surface area contributed by atoms with Crippen LogP contribution in [0.2, 0.25) is 0 Å². The van der Waals surface area contributed by atoms with Crippen molar-refractivity contribution in [2.75, 3.05) is 4.90 Å². The molecule has 4 nitrogen and oxygen atoms in total. The second-order valence-electron chi connectivity index (χ2n) is 5.16. The zero-order valence-corrected chi connectivity index (χ0v) is 11.4. The SMILES string of the molecule is Cc1cc(C(=O)N2c3ccc(F)cc3CC[C@@H]2C)no1. The molecule has 0 spiro atoms. The first-order valence-electron chi connectivity index (χ1n) is 6.61. The van der Waals surface area contributed by atoms with Crippen molar-refractivity contribution < 1.29 is 13.7 Å². The van der Waals surface area contributed by atoms with Gasteiger partial charge in [-0.05, 0) is 50.5 Å². The number of halogens is 1. The maximum atomic E-state index is 13.3. The highest BCUT2D eigenvalue weighted by atomic mass is 19.1. The summed E-state index contributed by atoms with van der Waals surface area (Å²) in [5, 5.41) is 3.78. The Morgan fingerprint density at radius 2 is 2.25 bits per heavy atom. The van der Waals surface area contributed by atoms with Gasteiger partial charge in [-0.1, -0.05) is 5.16 Å². The quantitative estimate of drug-likeness (QED) is 0.802. The van der Waals surface area contributed by atoms with E-state index in [1.165, 1.54) is 12.1 Å². The van der Waals surface area contributed by atoms with Crippen molar-refractivity contribution in [1.29, 1.82) is 0 Å². The van der Waals surface area contributed by atoms with Crippen molar-refractivity contribution in [2.24, 2.45) is 0 Å². The standard InChI is InChI=1S/C15H15FN2O2/c1-9-3-4-11-8-12(16)5-6-14(11)18(9)15(19)13-7-10(2)20-17-13/h5-9H,3-4H2,1-2H3/t9-/m0/s1. The molecular weight excluding hydrogens is 259 g/mol. The summed E-state index contributed by atoms with van der Waals surface area (Å²) in [5.41, 5.74) is 1.90. The fraction of sp³-hybridized carbons (Fsp3) is 0.333. The second-order valence-corrected chi connectivity index (χ2v) is 5.16. The van der Waals surface area contributed by atoms with Crippen molar-refractivity contribution in [1.82, 2.24) is 5.16 Å². The van der Waals surface area contributed by atoms with E-state index in [4.69, 9.17) is 4.52 Å². The summed E-state index contributed by atoms with van der Waals surface area (Å²) in [6.45, 7) is 3.73. The lowest BCUT2D eigenvalue weighted by Crippen LogP contribution is -2.42. The summed E-state index contributed by atoms with van der Waals surface area (Å²) in [7, 11) is 0. The van der Waals surface area contributed by atoms with Crippen LogP contribution in [0.25, 0.3) is 0 Å². The largest absolute Gasteiger partial charge is 0.361 e. The van der Waals surface area contributed by atoms with Gasteiger partial charge in [-0.25, -0.2) is 4.39 Å². The maximum absolute atomic E-state index is 13.3. The first-order valence-corrected chi connectivity index (χ1v) is 6.61. The average molecular weight is 274 g/mol. The van der Waals surface area contributed by atoms with Crippen LogP contribution in [0.1, 0.15) is 35.2 Å². The van der Waals surface area contributed by atoms with Crippen LogP contribution in [-0.4, -0.2) is 17.1 Å². The van der Waals surface area contributed by atoms with Crippen LogP contribution in [-0.2, 0) is 6.42 Å². The lowest BCUT2D eigenvalue weighted by molar-refractivity contribution is 0.0966. The molecule has 0 radical (unpaired) electrons. The van der Waals surface area contributed by atoms with Crippen LogP contribution in [0.5, 0.6) is 0 Å². The third-order valence-corrected chi connectivity index (χ3v) is 3.64. The van der Waals surface area contributed by atoms with E-state index < -0.39 is 0 Å². The molecule has 0 N–H and O–H groups in total. The normalized spacial score (nSPS) is 17.9. The predicted octanol–water partition coefficient (Wildman–Crippen LogP) is 3.10. The number of rotatable bonds is 1. The van der Waals surface area contributed by atoms with Crippen LogP contribution in [0.15, 0.2) is 28.8 Å². The van der Waals surface area contributed by atoms with Crippen molar-refractivity contribution in [3.05, 3.63) is 47.1 Å². The molecular formula is C15H15FN2O2. The molecule has 2 heterocycles. The Hall–Kier alpha value is -2.17. The summed E-state index contributed by atoms with van der Waals surface area (Å²) in [6.07, 6.45) is 1.58. The number of hydrogen-bond acceptors (Lipinski definition) is 3. The molecule has 1 aliphatic rings. The topological polar surface area (TPSA) is 46.3 Å². The van der Waals surface area contributed by atoms with E-state index in [0.717, 1.165) is 24.1 Å². The van der Waals surface area contributed by atoms with Crippen LogP contribution < -0.4 is 4.90 Å². The molecule has 1 amide bonds. The summed E-state index contributed by atoms with van der Waals surface area (Å²) < 4.78 is 18.3. The number of amides is 1. The molecule has 5 heteroatoms. The maximum Gasteiger partial charge on any atom is 0.280 e. The number of carbonyl (C=O) groups excluding carboxylic acids is 1. The molecule has 104 valence electrons. The van der Waals surface area contributed by atoms with Gasteiger partial charge in [0.25, 0.3) is 5.91 Å². The van der Waals surface area contributed by atoms with Gasteiger partial charge in [0.1, 0.15) is 11.6 Å². The lowest BCUT2D eigenvalue weighted by Gasteiger charge is -2.34. The number of nitrogens with zero attached hydrogens (tertiary/aromatic N) is 2. The summed E-state index contributed by atoms with van der Waals surface area (Å²) in [5.74, 6) is 0.113. The van der Waals surface area contributed by atoms with Gasteiger partial charge >= 0.3 is 0 Å². The van der Waals surface area contributed by atoms with E-state index in [2.05, 4.69) is 5.16 Å². The minimum absolute atomic E-state index is 0.0532. The fourth-order valence-corrected chi connectivity index (χ4v) is 2.62. The summed E-state index contributed by atoms with van der Waals surface area (Å²) in [6, 6.07) is 6.20. The van der Waals surface area contributed by atoms with Crippen LogP contribution in [0, 0.1) is 12.7 Å². The zero-order valence-electron chi connectivity index (χ0n) is 11.4. The van der Waals surface area contributed by atoms with E-state index in [1.54, 1.807) is 24.0 Å². The Bertz CT molecular complexity index is 666. The van der Waals surface area contributed by atoms with Crippen LogP contribution >= 0.6 is 0 Å². The van der Waals surface area contributed by atoms with E-state index in [1.807, 2.05) is 6.92 Å². The van der Waals surface area contributed by atoms with Gasteiger partial charge in [-0.2, -0.15) is 0 Å². The van der Waals surface area contributed by atoms with E-state index in [9.17, 15) is 9.18 Å². The Labute approximate surface area is 116 Å². The highest BCUT2D eigenvalue weighted by molar-refractivity contribution is 6.05. The number of aromatic nitrogens is 1. The number of anilines is 1. The van der Waals surface area contributed by atoms with E-state index in [0.29, 0.717) is 5.76 Å². The van der Waals surface area contributed by atoms with Crippen molar-refractivity contribution in [2.45, 2.75) is 32.7 Å². The Kier molecular flexibility index (Phi) is 3.04. The van der Waals surface area contributed by atoms with Crippen molar-refractivity contribution in [3.8, 4) is 0 Å². The van der Waals surface area contributed by atoms with Gasteiger partial charge in [0.2, 0.25) is 0 Å². The molecule has 2 aromatic rings. The van der Waals surface area contributed by atoms with Gasteiger partial charge in [0, 0.05) is 17.8 Å². The third-order valence-electron chi connectivity index (χ3n) is 3.64. The molecule has 0 saturated carbocycles. The van der Waals surface area contributed by atoms with Gasteiger partial charge in [0.15, 0.2) is 5.69 Å². The molecule has 0 unspecified atom stereocenters. The zero-order chi connectivity index (χ0) is 14.3. The summed E-state index contributed by atoms with van der Waals surface area (Å²) >= 11 is 0. The van der Waals surface area contributed by atoms with Crippen LogP contribution in [0.4, 0.5) is 10.1 Å². The number of benzene rings is 1. The number of carbonyl (C=O) groups is 1.